The molecule has 0 bridgehead atoms. The van der Waals surface area contributed by atoms with Gasteiger partial charge < -0.3 is 4.57 Å². The second kappa shape index (κ2) is 16.3. The van der Waals surface area contributed by atoms with Crippen molar-refractivity contribution in [2.75, 3.05) is 0 Å². The molecule has 68 heavy (non-hydrogen) atoms. The van der Waals surface area contributed by atoms with Gasteiger partial charge >= 0.3 is 0 Å². The molecule has 0 amide bonds. The van der Waals surface area contributed by atoms with Gasteiger partial charge in [0, 0.05) is 55.0 Å². The average molecular weight is 870 g/mol. The first-order valence-corrected chi connectivity index (χ1v) is 22.7. The number of nitrogens with zero attached hydrogens (tertiary/aromatic N) is 7. The highest BCUT2D eigenvalue weighted by molar-refractivity contribution is 6.19. The lowest BCUT2D eigenvalue weighted by molar-refractivity contribution is 0.953. The lowest BCUT2D eigenvalue weighted by Crippen LogP contribution is -2.06. The van der Waals surface area contributed by atoms with Crippen molar-refractivity contribution in [3.63, 3.8) is 0 Å². The summed E-state index contributed by atoms with van der Waals surface area (Å²) in [5.74, 6) is 2.44. The molecule has 0 aliphatic heterocycles. The number of benzene rings is 9. The van der Waals surface area contributed by atoms with Crippen LogP contribution in [0, 0.1) is 0 Å². The summed E-state index contributed by atoms with van der Waals surface area (Å²) in [5.41, 5.74) is 13.9. The van der Waals surface area contributed by atoms with Crippen LogP contribution in [-0.4, -0.2) is 34.1 Å². The van der Waals surface area contributed by atoms with Crippen LogP contribution in [0.1, 0.15) is 0 Å². The molecule has 0 atom stereocenters. The minimum atomic E-state index is 0.552. The quantitative estimate of drug-likeness (QED) is 0.152. The number of hydrogen-bond donors (Lipinski definition) is 0. The minimum Gasteiger partial charge on any atom is -0.309 e. The number of hydrogen-bond acceptors (Lipinski definition) is 5. The molecular formula is C61H39N7. The molecule has 7 heteroatoms. The van der Waals surface area contributed by atoms with Gasteiger partial charge in [0.2, 0.25) is 5.95 Å². The van der Waals surface area contributed by atoms with E-state index in [0.717, 1.165) is 94.2 Å². The Bertz CT molecular complexity index is 3950. The van der Waals surface area contributed by atoms with E-state index in [1.165, 1.54) is 5.39 Å². The second-order valence-electron chi connectivity index (χ2n) is 16.9. The molecule has 4 aromatic heterocycles. The average Bonchev–Trinajstić information content (AvgIpc) is 3.93. The van der Waals surface area contributed by atoms with E-state index in [4.69, 9.17) is 24.9 Å². The maximum atomic E-state index is 5.31. The SMILES string of the molecule is c1ccc(-c2cccc(-c3nc(-c4ccccc4)cc(-c4cccc(-n5c6ccccc6c6cc7c8ccccc8n(-c8nc(-c9ccccc9)nc(-c9ccccc9)n8)c7cc65)c4)n3)c2)cc1. The molecule has 7 nitrogen and oxygen atoms in total. The Labute approximate surface area is 392 Å². The molecule has 318 valence electrons. The molecular weight excluding hydrogens is 831 g/mol. The molecule has 0 aliphatic carbocycles. The van der Waals surface area contributed by atoms with Gasteiger partial charge in [-0.1, -0.05) is 188 Å². The van der Waals surface area contributed by atoms with Crippen molar-refractivity contribution in [1.82, 2.24) is 34.1 Å². The number of fused-ring (bicyclic) bond motifs is 6. The Morgan fingerprint density at radius 2 is 0.691 bits per heavy atom. The van der Waals surface area contributed by atoms with E-state index in [0.29, 0.717) is 23.4 Å². The van der Waals surface area contributed by atoms with Gasteiger partial charge in [0.1, 0.15) is 0 Å². The lowest BCUT2D eigenvalue weighted by atomic mass is 10.0. The summed E-state index contributed by atoms with van der Waals surface area (Å²) in [6.45, 7) is 0. The summed E-state index contributed by atoms with van der Waals surface area (Å²) in [6.07, 6.45) is 0. The van der Waals surface area contributed by atoms with Crippen LogP contribution >= 0.6 is 0 Å². The van der Waals surface area contributed by atoms with Gasteiger partial charge in [-0.2, -0.15) is 9.97 Å². The first-order chi connectivity index (χ1) is 33.7. The Morgan fingerprint density at radius 3 is 1.32 bits per heavy atom. The van der Waals surface area contributed by atoms with Gasteiger partial charge in [-0.25, -0.2) is 15.0 Å². The van der Waals surface area contributed by atoms with Gasteiger partial charge in [-0.15, -0.1) is 0 Å². The van der Waals surface area contributed by atoms with Crippen LogP contribution < -0.4 is 0 Å². The predicted molar refractivity (Wildman–Crippen MR) is 277 cm³/mol. The Balaban J connectivity index is 1.02. The summed E-state index contributed by atoms with van der Waals surface area (Å²) < 4.78 is 4.57. The van der Waals surface area contributed by atoms with Gasteiger partial charge in [-0.05, 0) is 59.7 Å². The van der Waals surface area contributed by atoms with Crippen molar-refractivity contribution >= 4 is 43.6 Å². The molecule has 9 aromatic carbocycles. The molecule has 0 saturated carbocycles. The van der Waals surface area contributed by atoms with Crippen molar-refractivity contribution in [2.24, 2.45) is 0 Å². The maximum Gasteiger partial charge on any atom is 0.238 e. The van der Waals surface area contributed by atoms with E-state index in [9.17, 15) is 0 Å². The first kappa shape index (κ1) is 39.1. The zero-order valence-electron chi connectivity index (χ0n) is 36.6. The zero-order valence-corrected chi connectivity index (χ0v) is 36.6. The minimum absolute atomic E-state index is 0.552. The van der Waals surface area contributed by atoms with Crippen LogP contribution in [0.2, 0.25) is 0 Å². The monoisotopic (exact) mass is 869 g/mol. The highest BCUT2D eigenvalue weighted by Gasteiger charge is 2.22. The van der Waals surface area contributed by atoms with Crippen molar-refractivity contribution in [1.29, 1.82) is 0 Å². The molecule has 0 saturated heterocycles. The van der Waals surface area contributed by atoms with E-state index >= 15 is 0 Å². The van der Waals surface area contributed by atoms with Crippen molar-refractivity contribution in [3.05, 3.63) is 237 Å². The van der Waals surface area contributed by atoms with E-state index in [1.54, 1.807) is 0 Å². The molecule has 0 radical (unpaired) electrons. The van der Waals surface area contributed by atoms with Crippen LogP contribution in [0.25, 0.3) is 123 Å². The van der Waals surface area contributed by atoms with Gasteiger partial charge in [0.05, 0.1) is 33.5 Å². The third-order valence-corrected chi connectivity index (χ3v) is 12.8. The van der Waals surface area contributed by atoms with Crippen LogP contribution in [0.5, 0.6) is 0 Å². The van der Waals surface area contributed by atoms with Crippen molar-refractivity contribution in [3.8, 4) is 79.4 Å². The highest BCUT2D eigenvalue weighted by Crippen LogP contribution is 2.40. The van der Waals surface area contributed by atoms with E-state index in [1.807, 2.05) is 72.8 Å². The molecule has 0 spiro atoms. The summed E-state index contributed by atoms with van der Waals surface area (Å²) >= 11 is 0. The first-order valence-electron chi connectivity index (χ1n) is 22.7. The predicted octanol–water partition coefficient (Wildman–Crippen LogP) is 14.9. The molecule has 0 fully saturated rings. The van der Waals surface area contributed by atoms with Crippen LogP contribution in [0.3, 0.4) is 0 Å². The summed E-state index contributed by atoms with van der Waals surface area (Å²) in [4.78, 5) is 26.0. The van der Waals surface area contributed by atoms with Crippen LogP contribution in [-0.2, 0) is 0 Å². The van der Waals surface area contributed by atoms with E-state index in [-0.39, 0.29) is 0 Å². The topological polar surface area (TPSA) is 74.3 Å². The lowest BCUT2D eigenvalue weighted by Gasteiger charge is -2.13. The Kier molecular flexibility index (Phi) is 9.35. The molecule has 13 aromatic rings. The maximum absolute atomic E-state index is 5.31. The molecule has 0 N–H and O–H groups in total. The Morgan fingerprint density at radius 1 is 0.235 bits per heavy atom. The molecule has 0 aliphatic rings. The summed E-state index contributed by atoms with van der Waals surface area (Å²) in [7, 11) is 0. The van der Waals surface area contributed by atoms with Crippen molar-refractivity contribution in [2.45, 2.75) is 0 Å². The number of rotatable bonds is 8. The fraction of sp³-hybridized carbons (Fsp3) is 0. The third kappa shape index (κ3) is 6.80. The zero-order chi connectivity index (χ0) is 45.0. The fourth-order valence-corrected chi connectivity index (χ4v) is 9.58. The highest BCUT2D eigenvalue weighted by atomic mass is 15.2. The largest absolute Gasteiger partial charge is 0.309 e. The summed E-state index contributed by atoms with van der Waals surface area (Å²) in [6, 6.07) is 82.2. The standard InChI is InChI=1S/C61H39N7/c1-5-19-40(20-6-1)44-27-17-29-46(35-44)60-62-52(41-21-7-2-8-22-41)38-53(63-60)45-28-18-30-47(36-45)67-54-33-15-13-31-48(54)50-37-51-49-32-14-16-34-55(49)68(57(51)39-56(50)67)61-65-58(42-23-9-3-10-24-42)64-59(66-61)43-25-11-4-12-26-43/h1-39H. The number of aromatic nitrogens is 7. The molecule has 13 rings (SSSR count). The summed E-state index contributed by atoms with van der Waals surface area (Å²) in [5, 5.41) is 4.56. The third-order valence-electron chi connectivity index (χ3n) is 12.8. The van der Waals surface area contributed by atoms with E-state index < -0.39 is 0 Å². The van der Waals surface area contributed by atoms with Gasteiger partial charge in [0.25, 0.3) is 0 Å². The van der Waals surface area contributed by atoms with Crippen molar-refractivity contribution < 1.29 is 0 Å². The van der Waals surface area contributed by atoms with E-state index in [2.05, 4.69) is 173 Å². The van der Waals surface area contributed by atoms with Crippen LogP contribution in [0.4, 0.5) is 0 Å². The fourth-order valence-electron chi connectivity index (χ4n) is 9.58. The smallest absolute Gasteiger partial charge is 0.238 e. The second-order valence-corrected chi connectivity index (χ2v) is 16.9. The van der Waals surface area contributed by atoms with Crippen LogP contribution in [0.15, 0.2) is 237 Å². The normalized spacial score (nSPS) is 11.5. The molecule has 0 unspecified atom stereocenters. The Hall–Kier alpha value is -9.33. The van der Waals surface area contributed by atoms with Gasteiger partial charge in [-0.3, -0.25) is 4.57 Å². The molecule has 4 heterocycles. The van der Waals surface area contributed by atoms with Gasteiger partial charge in [0.15, 0.2) is 17.5 Å². The number of para-hydroxylation sites is 2.